The molecule has 2 aromatic rings. The van der Waals surface area contributed by atoms with E-state index in [9.17, 15) is 24.0 Å². The largest absolute Gasteiger partial charge is 0.466 e. The third kappa shape index (κ3) is 6.19. The fourth-order valence-corrected chi connectivity index (χ4v) is 5.21. The number of fused-ring (bicyclic) bond motifs is 2. The Balaban J connectivity index is 2.24. The highest BCUT2D eigenvalue weighted by Crippen LogP contribution is 2.44. The highest BCUT2D eigenvalue weighted by atomic mass is 79.9. The van der Waals surface area contributed by atoms with Crippen LogP contribution in [-0.4, -0.2) is 74.8 Å². The molecule has 2 aliphatic rings. The second-order valence-corrected chi connectivity index (χ2v) is 10.8. The second kappa shape index (κ2) is 13.8. The van der Waals surface area contributed by atoms with Crippen molar-refractivity contribution in [1.29, 1.82) is 0 Å². The Morgan fingerprint density at radius 1 is 0.795 bits per heavy atom. The summed E-state index contributed by atoms with van der Waals surface area (Å²) >= 11 is 6.76. The van der Waals surface area contributed by atoms with Gasteiger partial charge < -0.3 is 23.8 Å². The molecular formula is C31H24Br2N2O9. The van der Waals surface area contributed by atoms with Gasteiger partial charge in [0.05, 0.1) is 57.4 Å². The predicted octanol–water partition coefficient (Wildman–Crippen LogP) is 4.33. The van der Waals surface area contributed by atoms with Crippen LogP contribution in [0.1, 0.15) is 15.9 Å². The summed E-state index contributed by atoms with van der Waals surface area (Å²) in [5.41, 5.74) is -0.529. The van der Waals surface area contributed by atoms with Gasteiger partial charge in [-0.05, 0) is 48.0 Å². The van der Waals surface area contributed by atoms with Crippen LogP contribution in [0.2, 0.25) is 0 Å². The van der Waals surface area contributed by atoms with E-state index < -0.39 is 41.4 Å². The number of ether oxygens (including phenoxy) is 4. The highest BCUT2D eigenvalue weighted by Gasteiger charge is 2.48. The first-order chi connectivity index (χ1) is 21.1. The van der Waals surface area contributed by atoms with Gasteiger partial charge in [0.15, 0.2) is 0 Å². The Morgan fingerprint density at radius 3 is 1.93 bits per heavy atom. The van der Waals surface area contributed by atoms with Crippen molar-refractivity contribution < 1.29 is 42.9 Å². The Bertz CT molecular complexity index is 1700. The van der Waals surface area contributed by atoms with Crippen LogP contribution in [0, 0.1) is 0 Å². The summed E-state index contributed by atoms with van der Waals surface area (Å²) in [5, 5.41) is 0. The van der Waals surface area contributed by atoms with Crippen molar-refractivity contribution in [2.24, 2.45) is 4.99 Å². The number of carbonyl (C=O) groups is 5. The molecular weight excluding hydrogens is 704 g/mol. The van der Waals surface area contributed by atoms with Gasteiger partial charge in [-0.25, -0.2) is 19.2 Å². The van der Waals surface area contributed by atoms with Crippen molar-refractivity contribution in [3.05, 3.63) is 109 Å². The van der Waals surface area contributed by atoms with Crippen LogP contribution in [0.15, 0.2) is 103 Å². The van der Waals surface area contributed by atoms with E-state index in [-0.39, 0.29) is 33.7 Å². The first kappa shape index (κ1) is 32.3. The molecule has 4 rings (SSSR count). The molecule has 0 aromatic heterocycles. The smallest absolute Gasteiger partial charge is 0.354 e. The van der Waals surface area contributed by atoms with E-state index in [2.05, 4.69) is 36.9 Å². The summed E-state index contributed by atoms with van der Waals surface area (Å²) in [4.78, 5) is 72.6. The van der Waals surface area contributed by atoms with Crippen LogP contribution in [0.25, 0.3) is 5.57 Å². The van der Waals surface area contributed by atoms with E-state index in [1.54, 1.807) is 48.5 Å². The predicted molar refractivity (Wildman–Crippen MR) is 165 cm³/mol. The topological polar surface area (TPSA) is 138 Å². The molecule has 0 saturated heterocycles. The SMILES string of the molecule is COC(=O)/C=C(\C(=O)OC)N1\C2=C(c3ccc(Br)cc3)/C(C(=O)c3ccc(Br)cc3)=N\C=C/C1C(C(=O)OC)=C2C(=O)OC. The van der Waals surface area contributed by atoms with Gasteiger partial charge in [0.1, 0.15) is 11.4 Å². The van der Waals surface area contributed by atoms with E-state index in [4.69, 9.17) is 18.9 Å². The minimum atomic E-state index is -1.24. The zero-order chi connectivity index (χ0) is 32.1. The van der Waals surface area contributed by atoms with Crippen molar-refractivity contribution in [3.63, 3.8) is 0 Å². The number of ketones is 1. The van der Waals surface area contributed by atoms with Crippen LogP contribution in [-0.2, 0) is 38.1 Å². The van der Waals surface area contributed by atoms with E-state index in [1.165, 1.54) is 17.2 Å². The molecule has 11 nitrogen and oxygen atoms in total. The molecule has 2 heterocycles. The third-order valence-corrected chi connectivity index (χ3v) is 7.68. The number of hydrogen-bond donors (Lipinski definition) is 0. The average molecular weight is 728 g/mol. The zero-order valence-electron chi connectivity index (χ0n) is 23.8. The lowest BCUT2D eigenvalue weighted by molar-refractivity contribution is -0.140. The number of allylic oxidation sites excluding steroid dienone is 1. The number of rotatable bonds is 8. The Kier molecular flexibility index (Phi) is 10.1. The number of methoxy groups -OCH3 is 4. The van der Waals surface area contributed by atoms with Gasteiger partial charge in [-0.15, -0.1) is 0 Å². The van der Waals surface area contributed by atoms with E-state index in [0.29, 0.717) is 10.0 Å². The first-order valence-corrected chi connectivity index (χ1v) is 14.3. The summed E-state index contributed by atoms with van der Waals surface area (Å²) in [5.74, 6) is -4.38. The van der Waals surface area contributed by atoms with Gasteiger partial charge >= 0.3 is 23.9 Å². The van der Waals surface area contributed by atoms with E-state index in [1.807, 2.05) is 0 Å². The van der Waals surface area contributed by atoms with E-state index in [0.717, 1.165) is 39.0 Å². The van der Waals surface area contributed by atoms with Gasteiger partial charge in [-0.3, -0.25) is 9.79 Å². The summed E-state index contributed by atoms with van der Waals surface area (Å²) in [7, 11) is 4.44. The van der Waals surface area contributed by atoms with Crippen LogP contribution in [0.3, 0.4) is 0 Å². The minimum Gasteiger partial charge on any atom is -0.466 e. The average Bonchev–Trinajstić information content (AvgIpc) is 3.38. The van der Waals surface area contributed by atoms with Crippen molar-refractivity contribution in [2.45, 2.75) is 6.04 Å². The Morgan fingerprint density at radius 2 is 1.39 bits per heavy atom. The van der Waals surface area contributed by atoms with Crippen molar-refractivity contribution in [1.82, 2.24) is 4.90 Å². The van der Waals surface area contributed by atoms with Gasteiger partial charge in [-0.2, -0.15) is 0 Å². The minimum absolute atomic E-state index is 0.0544. The Hall–Kier alpha value is -4.62. The maximum atomic E-state index is 14.2. The fraction of sp³-hybridized carbons (Fsp3) is 0.161. The molecule has 0 fully saturated rings. The molecule has 44 heavy (non-hydrogen) atoms. The number of Topliss-reactive ketones (excluding diaryl/α,β-unsaturated/α-hetero) is 1. The number of carbonyl (C=O) groups excluding carboxylic acids is 5. The lowest BCUT2D eigenvalue weighted by Crippen LogP contribution is -2.37. The molecule has 2 aliphatic heterocycles. The lowest BCUT2D eigenvalue weighted by atomic mass is 9.90. The maximum Gasteiger partial charge on any atom is 0.354 e. The molecule has 0 N–H and O–H groups in total. The van der Waals surface area contributed by atoms with Gasteiger partial charge in [0.25, 0.3) is 0 Å². The molecule has 13 heteroatoms. The molecule has 226 valence electrons. The quantitative estimate of drug-likeness (QED) is 0.167. The normalized spacial score (nSPS) is 19.7. The van der Waals surface area contributed by atoms with Crippen LogP contribution in [0.5, 0.6) is 0 Å². The maximum absolute atomic E-state index is 14.2. The molecule has 2 aromatic carbocycles. The second-order valence-electron chi connectivity index (χ2n) is 9.02. The van der Waals surface area contributed by atoms with Crippen LogP contribution in [0.4, 0.5) is 0 Å². The van der Waals surface area contributed by atoms with Crippen molar-refractivity contribution in [3.8, 4) is 0 Å². The number of benzene rings is 2. The summed E-state index contributed by atoms with van der Waals surface area (Å²) in [6, 6.07) is 12.0. The molecule has 0 radical (unpaired) electrons. The number of esters is 4. The molecule has 1 atom stereocenters. The van der Waals surface area contributed by atoms with Crippen molar-refractivity contribution >= 4 is 72.8 Å². The molecule has 1 unspecified atom stereocenters. The number of hydrogen-bond acceptors (Lipinski definition) is 11. The van der Waals surface area contributed by atoms with Crippen LogP contribution < -0.4 is 0 Å². The zero-order valence-corrected chi connectivity index (χ0v) is 26.9. The van der Waals surface area contributed by atoms with Gasteiger partial charge in [0.2, 0.25) is 5.78 Å². The highest BCUT2D eigenvalue weighted by molar-refractivity contribution is 9.10. The molecule has 2 bridgehead atoms. The summed E-state index contributed by atoms with van der Waals surface area (Å²) < 4.78 is 21.4. The van der Waals surface area contributed by atoms with Crippen molar-refractivity contribution in [2.75, 3.05) is 28.4 Å². The Labute approximate surface area is 268 Å². The first-order valence-electron chi connectivity index (χ1n) is 12.7. The molecule has 0 aliphatic carbocycles. The summed E-state index contributed by atoms with van der Waals surface area (Å²) in [6.07, 6.45) is 3.51. The van der Waals surface area contributed by atoms with Gasteiger partial charge in [0, 0.05) is 26.3 Å². The fourth-order valence-electron chi connectivity index (χ4n) is 4.68. The van der Waals surface area contributed by atoms with Crippen LogP contribution >= 0.6 is 31.9 Å². The van der Waals surface area contributed by atoms with E-state index >= 15 is 0 Å². The third-order valence-electron chi connectivity index (χ3n) is 6.63. The van der Waals surface area contributed by atoms with Gasteiger partial charge in [-0.1, -0.05) is 44.0 Å². The standard InChI is InChI=1S/C31H24Br2N2O9/c1-41-22(36)15-21(29(38)42-2)35-20-13-14-34-26(28(37)17-7-11-19(33)12-8-17)23(16-5-9-18(32)10-6-16)27(35)25(31(40)44-4)24(20)30(39)43-3/h5-15,20H,1-4H3/b14-13-,21-15+,27-23-,34-26+. The summed E-state index contributed by atoms with van der Waals surface area (Å²) in [6.45, 7) is 0. The lowest BCUT2D eigenvalue weighted by Gasteiger charge is -2.31. The number of halogens is 2. The molecule has 0 spiro atoms. The number of nitrogens with zero attached hydrogens (tertiary/aromatic N) is 2. The monoisotopic (exact) mass is 726 g/mol. The number of aliphatic imine (C=N–C) groups is 1. The molecule has 0 amide bonds. The molecule has 0 saturated carbocycles.